The van der Waals surface area contributed by atoms with Crippen molar-refractivity contribution in [1.29, 1.82) is 0 Å². The quantitative estimate of drug-likeness (QED) is 0.485. The van der Waals surface area contributed by atoms with Crippen molar-refractivity contribution in [2.45, 2.75) is 45.3 Å². The van der Waals surface area contributed by atoms with E-state index < -0.39 is 11.9 Å². The van der Waals surface area contributed by atoms with Crippen molar-refractivity contribution in [2.75, 3.05) is 27.2 Å². The second-order valence-electron chi connectivity index (χ2n) is 9.37. The summed E-state index contributed by atoms with van der Waals surface area (Å²) in [6, 6.07) is 12.9. The SMILES string of the molecule is CN(CCC1CN(C)C(=S)c2cccnc2O1)Cc1ccc(C(C)(C)C)cc1.O=C(O)C(=O)O. The molecule has 34 heavy (non-hydrogen) atoms. The van der Waals surface area contributed by atoms with Gasteiger partial charge in [-0.15, -0.1) is 0 Å². The highest BCUT2D eigenvalue weighted by molar-refractivity contribution is 7.80. The summed E-state index contributed by atoms with van der Waals surface area (Å²) in [6.07, 6.45) is 2.77. The van der Waals surface area contributed by atoms with Crippen LogP contribution in [0.4, 0.5) is 0 Å². The molecule has 9 heteroatoms. The molecule has 8 nitrogen and oxygen atoms in total. The van der Waals surface area contributed by atoms with Crippen LogP contribution in [0.5, 0.6) is 5.88 Å². The van der Waals surface area contributed by atoms with Crippen LogP contribution in [-0.4, -0.2) is 75.2 Å². The molecular weight excluding hydrogens is 454 g/mol. The molecule has 2 heterocycles. The van der Waals surface area contributed by atoms with Crippen LogP contribution in [0.15, 0.2) is 42.6 Å². The summed E-state index contributed by atoms with van der Waals surface area (Å²) in [4.78, 5) is 27.8. The molecular formula is C25H33N3O5S. The normalized spacial score (nSPS) is 15.5. The van der Waals surface area contributed by atoms with Gasteiger partial charge < -0.3 is 24.7 Å². The second-order valence-corrected chi connectivity index (χ2v) is 9.75. The van der Waals surface area contributed by atoms with Crippen molar-refractivity contribution in [3.63, 3.8) is 0 Å². The van der Waals surface area contributed by atoms with E-state index >= 15 is 0 Å². The Morgan fingerprint density at radius 2 is 1.79 bits per heavy atom. The number of likely N-dealkylation sites (N-methyl/N-ethyl adjacent to an activating group) is 1. The van der Waals surface area contributed by atoms with E-state index in [2.05, 4.69) is 66.9 Å². The smallest absolute Gasteiger partial charge is 0.414 e. The van der Waals surface area contributed by atoms with Gasteiger partial charge in [0.05, 0.1) is 12.1 Å². The molecule has 3 rings (SSSR count). The molecule has 0 amide bonds. The monoisotopic (exact) mass is 487 g/mol. The minimum atomic E-state index is -1.82. The molecule has 0 spiro atoms. The summed E-state index contributed by atoms with van der Waals surface area (Å²) in [5.74, 6) is -2.99. The van der Waals surface area contributed by atoms with Crippen LogP contribution in [0.2, 0.25) is 0 Å². The fourth-order valence-corrected chi connectivity index (χ4v) is 3.68. The van der Waals surface area contributed by atoms with Gasteiger partial charge in [-0.05, 0) is 42.1 Å². The summed E-state index contributed by atoms with van der Waals surface area (Å²) >= 11 is 5.58. The average molecular weight is 488 g/mol. The molecule has 0 aliphatic carbocycles. The number of carboxylic acids is 2. The first-order chi connectivity index (χ1) is 15.9. The Kier molecular flexibility index (Phi) is 9.52. The fourth-order valence-electron chi connectivity index (χ4n) is 3.45. The lowest BCUT2D eigenvalue weighted by Crippen LogP contribution is -2.35. The molecule has 1 aliphatic heterocycles. The maximum absolute atomic E-state index is 9.10. The fraction of sp³-hybridized carbons (Fsp3) is 0.440. The molecule has 184 valence electrons. The highest BCUT2D eigenvalue weighted by Crippen LogP contribution is 2.24. The molecule has 0 bridgehead atoms. The molecule has 1 atom stereocenters. The second kappa shape index (κ2) is 11.9. The molecule has 0 radical (unpaired) electrons. The summed E-state index contributed by atoms with van der Waals surface area (Å²) in [6.45, 7) is 9.40. The number of benzene rings is 1. The van der Waals surface area contributed by atoms with Crippen LogP contribution in [0.1, 0.15) is 43.9 Å². The number of rotatable bonds is 5. The van der Waals surface area contributed by atoms with Crippen LogP contribution < -0.4 is 4.74 Å². The first-order valence-electron chi connectivity index (χ1n) is 11.0. The Morgan fingerprint density at radius 3 is 2.35 bits per heavy atom. The van der Waals surface area contributed by atoms with E-state index in [0.717, 1.165) is 36.6 Å². The number of hydrogen-bond donors (Lipinski definition) is 2. The predicted molar refractivity (Wildman–Crippen MR) is 134 cm³/mol. The number of carboxylic acid groups (broad SMARTS) is 2. The van der Waals surface area contributed by atoms with Gasteiger partial charge in [-0.25, -0.2) is 14.6 Å². The third-order valence-electron chi connectivity index (χ3n) is 5.39. The summed E-state index contributed by atoms with van der Waals surface area (Å²) < 4.78 is 6.18. The van der Waals surface area contributed by atoms with Gasteiger partial charge >= 0.3 is 11.9 Å². The average Bonchev–Trinajstić information content (AvgIpc) is 2.89. The highest BCUT2D eigenvalue weighted by Gasteiger charge is 2.25. The van der Waals surface area contributed by atoms with E-state index in [9.17, 15) is 0 Å². The number of thiocarbonyl (C=S) groups is 1. The van der Waals surface area contributed by atoms with Gasteiger partial charge in [0, 0.05) is 26.3 Å². The van der Waals surface area contributed by atoms with Crippen molar-refractivity contribution < 1.29 is 24.5 Å². The van der Waals surface area contributed by atoms with Crippen LogP contribution in [0.3, 0.4) is 0 Å². The third-order valence-corrected chi connectivity index (χ3v) is 5.92. The van der Waals surface area contributed by atoms with E-state index in [1.54, 1.807) is 6.20 Å². The van der Waals surface area contributed by atoms with Crippen molar-refractivity contribution >= 4 is 29.1 Å². The molecule has 0 saturated carbocycles. The lowest BCUT2D eigenvalue weighted by Gasteiger charge is -2.24. The third kappa shape index (κ3) is 8.07. The van der Waals surface area contributed by atoms with E-state index in [0.29, 0.717) is 5.88 Å². The number of nitrogens with zero attached hydrogens (tertiary/aromatic N) is 3. The Balaban J connectivity index is 0.000000604. The van der Waals surface area contributed by atoms with Crippen LogP contribution >= 0.6 is 12.2 Å². The molecule has 1 aromatic carbocycles. The van der Waals surface area contributed by atoms with E-state index in [-0.39, 0.29) is 11.5 Å². The maximum Gasteiger partial charge on any atom is 0.414 e. The van der Waals surface area contributed by atoms with Gasteiger partial charge in [-0.2, -0.15) is 0 Å². The first-order valence-corrected chi connectivity index (χ1v) is 11.4. The summed E-state index contributed by atoms with van der Waals surface area (Å²) in [5, 5.41) is 14.8. The Labute approximate surface area is 206 Å². The molecule has 1 unspecified atom stereocenters. The van der Waals surface area contributed by atoms with Gasteiger partial charge in [0.15, 0.2) is 0 Å². The van der Waals surface area contributed by atoms with Crippen LogP contribution in [-0.2, 0) is 21.5 Å². The maximum atomic E-state index is 9.10. The molecule has 0 fully saturated rings. The summed E-state index contributed by atoms with van der Waals surface area (Å²) in [5.41, 5.74) is 3.81. The molecule has 1 aliphatic rings. The van der Waals surface area contributed by atoms with Gasteiger partial charge in [-0.1, -0.05) is 57.3 Å². The van der Waals surface area contributed by atoms with Gasteiger partial charge in [0.25, 0.3) is 0 Å². The Morgan fingerprint density at radius 1 is 1.18 bits per heavy atom. The number of fused-ring (bicyclic) bond motifs is 1. The largest absolute Gasteiger partial charge is 0.473 e. The van der Waals surface area contributed by atoms with Crippen molar-refractivity contribution in [3.8, 4) is 5.88 Å². The Hall–Kier alpha value is -3.04. The van der Waals surface area contributed by atoms with E-state index in [1.165, 1.54) is 11.1 Å². The number of aliphatic carboxylic acids is 2. The van der Waals surface area contributed by atoms with Gasteiger partial charge in [-0.3, -0.25) is 0 Å². The Bertz CT molecular complexity index is 992. The van der Waals surface area contributed by atoms with Crippen LogP contribution in [0, 0.1) is 0 Å². The van der Waals surface area contributed by atoms with Gasteiger partial charge in [0.2, 0.25) is 5.88 Å². The summed E-state index contributed by atoms with van der Waals surface area (Å²) in [7, 11) is 4.19. The molecule has 2 N–H and O–H groups in total. The number of aromatic nitrogens is 1. The minimum Gasteiger partial charge on any atom is -0.473 e. The number of carbonyl (C=O) groups is 2. The van der Waals surface area contributed by atoms with E-state index in [4.69, 9.17) is 36.8 Å². The zero-order chi connectivity index (χ0) is 25.5. The number of pyridine rings is 1. The standard InChI is InChI=1S/C23H31N3OS.C2H2O4/c1-23(2,3)18-10-8-17(9-11-18)15-25(4)14-12-19-16-26(5)22(28)20-7-6-13-24-21(20)27-19;3-1(4)2(5)6/h6-11,13,19H,12,14-16H2,1-5H3;(H,3,4)(H,5,6). The van der Waals surface area contributed by atoms with Crippen molar-refractivity contribution in [3.05, 3.63) is 59.3 Å². The number of ether oxygens (including phenoxy) is 1. The van der Waals surface area contributed by atoms with E-state index in [1.807, 2.05) is 19.2 Å². The topological polar surface area (TPSA) is 103 Å². The first kappa shape index (κ1) is 27.2. The van der Waals surface area contributed by atoms with Crippen molar-refractivity contribution in [1.82, 2.24) is 14.8 Å². The van der Waals surface area contributed by atoms with Gasteiger partial charge in [0.1, 0.15) is 11.1 Å². The van der Waals surface area contributed by atoms with Crippen LogP contribution in [0.25, 0.3) is 0 Å². The van der Waals surface area contributed by atoms with Crippen molar-refractivity contribution in [2.24, 2.45) is 0 Å². The lowest BCUT2D eigenvalue weighted by atomic mass is 9.87. The lowest BCUT2D eigenvalue weighted by molar-refractivity contribution is -0.159. The number of hydrogen-bond acceptors (Lipinski definition) is 6. The highest BCUT2D eigenvalue weighted by atomic mass is 32.1. The molecule has 2 aromatic rings. The predicted octanol–water partition coefficient (Wildman–Crippen LogP) is 3.43. The minimum absolute atomic E-state index is 0.0739. The molecule has 0 saturated heterocycles. The molecule has 1 aromatic heterocycles. The zero-order valence-corrected chi connectivity index (χ0v) is 21.1. The zero-order valence-electron chi connectivity index (χ0n) is 20.3.